The molecule has 0 unspecified atom stereocenters. The highest BCUT2D eigenvalue weighted by Crippen LogP contribution is 2.37. The Kier molecular flexibility index (Phi) is 6.50. The number of carbonyl (C=O) groups is 1. The number of aromatic nitrogens is 3. The van der Waals surface area contributed by atoms with Gasteiger partial charge < -0.3 is 24.9 Å². The number of hydrogen-bond donors (Lipinski definition) is 2. The van der Waals surface area contributed by atoms with Crippen LogP contribution in [0.5, 0.6) is 0 Å². The van der Waals surface area contributed by atoms with E-state index in [4.69, 9.17) is 9.97 Å². The molecule has 4 heterocycles. The third-order valence-electron chi connectivity index (χ3n) is 6.45. The van der Waals surface area contributed by atoms with E-state index in [2.05, 4.69) is 11.8 Å². The fourth-order valence-corrected chi connectivity index (χ4v) is 5.42. The number of aryl methyl sites for hydroxylation is 1. The first kappa shape index (κ1) is 24.0. The summed E-state index contributed by atoms with van der Waals surface area (Å²) in [5.41, 5.74) is 4.08. The van der Waals surface area contributed by atoms with Gasteiger partial charge in [0.05, 0.1) is 28.6 Å². The molecule has 1 fully saturated rings. The number of thiazole rings is 1. The van der Waals surface area contributed by atoms with Gasteiger partial charge in [0.1, 0.15) is 17.3 Å². The van der Waals surface area contributed by atoms with Gasteiger partial charge in [-0.05, 0) is 42.8 Å². The second kappa shape index (κ2) is 9.75. The van der Waals surface area contributed by atoms with E-state index >= 15 is 0 Å². The fraction of sp³-hybridized carbons (Fsp3) is 0.320. The molecule has 1 aliphatic heterocycles. The number of anilines is 3. The Bertz CT molecular complexity index is 1400. The fourth-order valence-electron chi connectivity index (χ4n) is 4.52. The zero-order chi connectivity index (χ0) is 25.4. The quantitative estimate of drug-likeness (QED) is 0.401. The van der Waals surface area contributed by atoms with Crippen LogP contribution in [0.1, 0.15) is 17.5 Å². The lowest BCUT2D eigenvalue weighted by Crippen LogP contribution is -2.48. The van der Waals surface area contributed by atoms with Crippen LogP contribution >= 0.6 is 11.3 Å². The molecule has 188 valence electrons. The molecule has 1 saturated heterocycles. The highest BCUT2D eigenvalue weighted by Gasteiger charge is 2.24. The van der Waals surface area contributed by atoms with Gasteiger partial charge in [-0.1, -0.05) is 18.3 Å². The molecule has 0 saturated carbocycles. The Balaban J connectivity index is 1.51. The number of halogens is 1. The van der Waals surface area contributed by atoms with Crippen LogP contribution in [0.4, 0.5) is 25.8 Å². The van der Waals surface area contributed by atoms with E-state index in [1.54, 1.807) is 12.1 Å². The number of benzene rings is 1. The number of rotatable bonds is 6. The SMILES string of the molecule is CCc1nc2ccc(N3CCN(C(=O)O)CC3)cn2c1N(C)c1nc(-c2ccc(F)cc2)c(CO)s1. The van der Waals surface area contributed by atoms with E-state index in [1.165, 1.54) is 28.4 Å². The summed E-state index contributed by atoms with van der Waals surface area (Å²) in [4.78, 5) is 27.2. The zero-order valence-corrected chi connectivity index (χ0v) is 20.9. The maximum Gasteiger partial charge on any atom is 0.407 e. The number of fused-ring (bicyclic) bond motifs is 1. The Hall–Kier alpha value is -3.70. The predicted octanol–water partition coefficient (Wildman–Crippen LogP) is 4.22. The molecule has 1 aromatic carbocycles. The van der Waals surface area contributed by atoms with Crippen molar-refractivity contribution in [2.75, 3.05) is 43.0 Å². The average Bonchev–Trinajstić information content (AvgIpc) is 3.50. The van der Waals surface area contributed by atoms with Gasteiger partial charge in [-0.3, -0.25) is 4.40 Å². The van der Waals surface area contributed by atoms with Crippen molar-refractivity contribution in [1.82, 2.24) is 19.3 Å². The van der Waals surface area contributed by atoms with E-state index < -0.39 is 6.09 Å². The normalized spacial score (nSPS) is 14.0. The molecule has 3 aromatic heterocycles. The van der Waals surface area contributed by atoms with Crippen LogP contribution in [0.3, 0.4) is 0 Å². The standard InChI is InChI=1S/C25H27FN6O3S/c1-3-19-23(29(2)24-28-22(20(15-33)36-24)16-4-6-17(26)7-5-16)32-14-18(8-9-21(32)27-19)30-10-12-31(13-11-30)25(34)35/h4-9,14,33H,3,10-13,15H2,1-2H3,(H,34,35). The summed E-state index contributed by atoms with van der Waals surface area (Å²) in [6, 6.07) is 10.1. The van der Waals surface area contributed by atoms with Gasteiger partial charge in [0.2, 0.25) is 0 Å². The Morgan fingerprint density at radius 3 is 2.47 bits per heavy atom. The van der Waals surface area contributed by atoms with Crippen LogP contribution in [-0.2, 0) is 13.0 Å². The molecule has 2 N–H and O–H groups in total. The molecule has 0 atom stereocenters. The summed E-state index contributed by atoms with van der Waals surface area (Å²) >= 11 is 1.39. The highest BCUT2D eigenvalue weighted by molar-refractivity contribution is 7.16. The van der Waals surface area contributed by atoms with Gasteiger partial charge in [-0.25, -0.2) is 19.2 Å². The number of nitrogens with zero attached hydrogens (tertiary/aromatic N) is 6. The zero-order valence-electron chi connectivity index (χ0n) is 20.1. The van der Waals surface area contributed by atoms with Crippen LogP contribution in [0, 0.1) is 5.82 Å². The summed E-state index contributed by atoms with van der Waals surface area (Å²) in [7, 11) is 1.93. The van der Waals surface area contributed by atoms with Crippen molar-refractivity contribution in [2.24, 2.45) is 0 Å². The van der Waals surface area contributed by atoms with E-state index in [9.17, 15) is 19.4 Å². The largest absolute Gasteiger partial charge is 0.465 e. The minimum absolute atomic E-state index is 0.168. The Labute approximate surface area is 211 Å². The van der Waals surface area contributed by atoms with Gasteiger partial charge in [0, 0.05) is 45.0 Å². The third kappa shape index (κ3) is 4.35. The van der Waals surface area contributed by atoms with E-state index in [-0.39, 0.29) is 12.4 Å². The number of aliphatic hydroxyl groups is 1. The molecule has 11 heteroatoms. The van der Waals surface area contributed by atoms with Crippen molar-refractivity contribution in [3.8, 4) is 11.3 Å². The summed E-state index contributed by atoms with van der Waals surface area (Å²) in [5.74, 6) is 0.554. The van der Waals surface area contributed by atoms with Crippen molar-refractivity contribution >= 4 is 39.7 Å². The molecule has 0 radical (unpaired) electrons. The topological polar surface area (TPSA) is 97.4 Å². The molecule has 1 amide bonds. The average molecular weight is 511 g/mol. The van der Waals surface area contributed by atoms with Crippen LogP contribution < -0.4 is 9.80 Å². The highest BCUT2D eigenvalue weighted by atomic mass is 32.1. The number of amides is 1. The predicted molar refractivity (Wildman–Crippen MR) is 138 cm³/mol. The number of imidazole rings is 1. The van der Waals surface area contributed by atoms with Crippen LogP contribution in [0.2, 0.25) is 0 Å². The third-order valence-corrected chi connectivity index (χ3v) is 7.57. The molecule has 0 bridgehead atoms. The maximum atomic E-state index is 13.4. The van der Waals surface area contributed by atoms with Gasteiger partial charge in [-0.2, -0.15) is 0 Å². The lowest BCUT2D eigenvalue weighted by Gasteiger charge is -2.34. The number of pyridine rings is 1. The van der Waals surface area contributed by atoms with Crippen LogP contribution in [0.25, 0.3) is 16.9 Å². The minimum atomic E-state index is -0.887. The first-order chi connectivity index (χ1) is 17.4. The Morgan fingerprint density at radius 2 is 1.83 bits per heavy atom. The molecule has 5 rings (SSSR count). The summed E-state index contributed by atoms with van der Waals surface area (Å²) in [5, 5.41) is 19.9. The lowest BCUT2D eigenvalue weighted by molar-refractivity contribution is 0.142. The molecular formula is C25H27FN6O3S. The monoisotopic (exact) mass is 510 g/mol. The van der Waals surface area contributed by atoms with Gasteiger partial charge in [0.15, 0.2) is 5.13 Å². The van der Waals surface area contributed by atoms with Crippen LogP contribution in [-0.4, -0.2) is 68.8 Å². The Morgan fingerprint density at radius 1 is 1.11 bits per heavy atom. The molecule has 9 nitrogen and oxygen atoms in total. The summed E-state index contributed by atoms with van der Waals surface area (Å²) < 4.78 is 15.5. The molecule has 0 spiro atoms. The van der Waals surface area contributed by atoms with Crippen molar-refractivity contribution in [3.63, 3.8) is 0 Å². The molecule has 1 aliphatic rings. The van der Waals surface area contributed by atoms with Crippen molar-refractivity contribution in [2.45, 2.75) is 20.0 Å². The van der Waals surface area contributed by atoms with E-state index in [0.717, 1.165) is 34.8 Å². The van der Waals surface area contributed by atoms with Crippen molar-refractivity contribution in [3.05, 3.63) is 59.0 Å². The van der Waals surface area contributed by atoms with Crippen LogP contribution in [0.15, 0.2) is 42.6 Å². The van der Waals surface area contributed by atoms with Gasteiger partial charge >= 0.3 is 6.09 Å². The lowest BCUT2D eigenvalue weighted by atomic mass is 10.1. The molecule has 0 aliphatic carbocycles. The second-order valence-electron chi connectivity index (χ2n) is 8.60. The maximum absolute atomic E-state index is 13.4. The first-order valence-electron chi connectivity index (χ1n) is 11.7. The van der Waals surface area contributed by atoms with E-state index in [0.29, 0.717) is 41.9 Å². The molecule has 36 heavy (non-hydrogen) atoms. The van der Waals surface area contributed by atoms with Gasteiger partial charge in [-0.15, -0.1) is 0 Å². The molecular weight excluding hydrogens is 483 g/mol. The number of piperazine rings is 1. The smallest absolute Gasteiger partial charge is 0.407 e. The first-order valence-corrected chi connectivity index (χ1v) is 12.5. The number of aliphatic hydroxyl groups excluding tert-OH is 1. The summed E-state index contributed by atoms with van der Waals surface area (Å²) in [6.07, 6.45) is 1.87. The van der Waals surface area contributed by atoms with Crippen molar-refractivity contribution < 1.29 is 19.4 Å². The summed E-state index contributed by atoms with van der Waals surface area (Å²) in [6.45, 7) is 4.03. The molecule has 4 aromatic rings. The number of hydrogen-bond acceptors (Lipinski definition) is 7. The van der Waals surface area contributed by atoms with Crippen molar-refractivity contribution in [1.29, 1.82) is 0 Å². The van der Waals surface area contributed by atoms with E-state index in [1.807, 2.05) is 34.7 Å². The van der Waals surface area contributed by atoms with Gasteiger partial charge in [0.25, 0.3) is 0 Å². The number of carboxylic acid groups (broad SMARTS) is 1. The second-order valence-corrected chi connectivity index (χ2v) is 9.66. The minimum Gasteiger partial charge on any atom is -0.465 e.